The lowest BCUT2D eigenvalue weighted by Crippen LogP contribution is -2.05. The van der Waals surface area contributed by atoms with E-state index in [-0.39, 0.29) is 0 Å². The first-order valence-electron chi connectivity index (χ1n) is 5.70. The minimum absolute atomic E-state index is 0.779. The number of anilines is 1. The van der Waals surface area contributed by atoms with Crippen LogP contribution in [0, 0.1) is 0 Å². The summed E-state index contributed by atoms with van der Waals surface area (Å²) in [6.45, 7) is 4.99. The largest absolute Gasteiger partial charge is 0.369 e. The number of thiophene rings is 1. The van der Waals surface area contributed by atoms with E-state index in [9.17, 15) is 0 Å². The number of aryl methyl sites for hydroxylation is 1. The Morgan fingerprint density at radius 2 is 2.06 bits per heavy atom. The maximum Gasteiger partial charge on any atom is 0.171 e. The van der Waals surface area contributed by atoms with Crippen LogP contribution in [0.5, 0.6) is 0 Å². The molecule has 0 spiro atoms. The highest BCUT2D eigenvalue weighted by atomic mass is 79.9. The number of aromatic nitrogens is 2. The van der Waals surface area contributed by atoms with Gasteiger partial charge in [0.1, 0.15) is 5.82 Å². The molecule has 0 unspecified atom stereocenters. The van der Waals surface area contributed by atoms with Crippen LogP contribution < -0.4 is 5.32 Å². The standard InChI is InChI=1S/C12H13Br2N3S/c1-3-8-10(14)12(15-4-2)17-11(16-8)9-5-7(13)6-18-9/h5-6H,3-4H2,1-2H3,(H,15,16,17). The molecule has 0 saturated heterocycles. The Labute approximate surface area is 127 Å². The van der Waals surface area contributed by atoms with Gasteiger partial charge in [0.15, 0.2) is 5.82 Å². The van der Waals surface area contributed by atoms with Gasteiger partial charge in [0.05, 0.1) is 15.0 Å². The summed E-state index contributed by atoms with van der Waals surface area (Å²) in [6.07, 6.45) is 0.876. The molecule has 0 amide bonds. The minimum atomic E-state index is 0.779. The average Bonchev–Trinajstić information content (AvgIpc) is 2.79. The number of halogens is 2. The summed E-state index contributed by atoms with van der Waals surface area (Å²) >= 11 is 8.66. The second kappa shape index (κ2) is 6.12. The van der Waals surface area contributed by atoms with Crippen molar-refractivity contribution in [2.45, 2.75) is 20.3 Å². The van der Waals surface area contributed by atoms with E-state index in [2.05, 4.69) is 61.0 Å². The summed E-state index contributed by atoms with van der Waals surface area (Å²) < 4.78 is 2.03. The molecule has 1 N–H and O–H groups in total. The van der Waals surface area contributed by atoms with Gasteiger partial charge in [-0.05, 0) is 51.3 Å². The predicted molar refractivity (Wildman–Crippen MR) is 84.3 cm³/mol. The fraction of sp³-hybridized carbons (Fsp3) is 0.333. The van der Waals surface area contributed by atoms with Gasteiger partial charge in [0.2, 0.25) is 0 Å². The third-order valence-electron chi connectivity index (χ3n) is 2.39. The summed E-state index contributed by atoms with van der Waals surface area (Å²) in [4.78, 5) is 10.3. The monoisotopic (exact) mass is 389 g/mol. The first-order valence-corrected chi connectivity index (χ1v) is 8.17. The van der Waals surface area contributed by atoms with Crippen LogP contribution in [0.3, 0.4) is 0 Å². The quantitative estimate of drug-likeness (QED) is 0.820. The Hall–Kier alpha value is -0.460. The van der Waals surface area contributed by atoms with Crippen molar-refractivity contribution < 1.29 is 0 Å². The normalized spacial score (nSPS) is 10.7. The fourth-order valence-corrected chi connectivity index (χ4v) is 3.51. The molecular weight excluding hydrogens is 378 g/mol. The minimum Gasteiger partial charge on any atom is -0.369 e. The van der Waals surface area contributed by atoms with Gasteiger partial charge in [-0.1, -0.05) is 6.92 Å². The molecule has 0 saturated carbocycles. The van der Waals surface area contributed by atoms with E-state index >= 15 is 0 Å². The van der Waals surface area contributed by atoms with Crippen LogP contribution in [-0.2, 0) is 6.42 Å². The highest BCUT2D eigenvalue weighted by Gasteiger charge is 2.13. The molecule has 0 fully saturated rings. The average molecular weight is 391 g/mol. The van der Waals surface area contributed by atoms with Crippen LogP contribution in [0.25, 0.3) is 10.7 Å². The zero-order valence-electron chi connectivity index (χ0n) is 10.1. The SMILES string of the molecule is CCNc1nc(-c2cc(Br)cs2)nc(CC)c1Br. The Bertz CT molecular complexity index is 554. The lowest BCUT2D eigenvalue weighted by atomic mass is 10.3. The van der Waals surface area contributed by atoms with Crippen LogP contribution in [0.15, 0.2) is 20.4 Å². The zero-order valence-corrected chi connectivity index (χ0v) is 14.1. The lowest BCUT2D eigenvalue weighted by Gasteiger charge is -2.10. The fourth-order valence-electron chi connectivity index (χ4n) is 1.55. The molecule has 2 rings (SSSR count). The molecule has 0 radical (unpaired) electrons. The van der Waals surface area contributed by atoms with Crippen molar-refractivity contribution in [1.29, 1.82) is 0 Å². The van der Waals surface area contributed by atoms with Gasteiger partial charge < -0.3 is 5.32 Å². The summed E-state index contributed by atoms with van der Waals surface area (Å²) in [6, 6.07) is 2.04. The molecule has 3 nitrogen and oxygen atoms in total. The van der Waals surface area contributed by atoms with Crippen molar-refractivity contribution in [3.05, 3.63) is 26.1 Å². The van der Waals surface area contributed by atoms with Crippen molar-refractivity contribution >= 4 is 49.0 Å². The second-order valence-electron chi connectivity index (χ2n) is 3.67. The maximum absolute atomic E-state index is 4.61. The van der Waals surface area contributed by atoms with Crippen molar-refractivity contribution in [1.82, 2.24) is 9.97 Å². The molecule has 2 aromatic heterocycles. The topological polar surface area (TPSA) is 37.8 Å². The van der Waals surface area contributed by atoms with Crippen LogP contribution in [0.4, 0.5) is 5.82 Å². The van der Waals surface area contributed by atoms with E-state index in [4.69, 9.17) is 0 Å². The van der Waals surface area contributed by atoms with Crippen molar-refractivity contribution in [3.8, 4) is 10.7 Å². The van der Waals surface area contributed by atoms with Crippen LogP contribution in [-0.4, -0.2) is 16.5 Å². The molecule has 0 aromatic carbocycles. The molecule has 18 heavy (non-hydrogen) atoms. The maximum atomic E-state index is 4.61. The van der Waals surface area contributed by atoms with E-state index in [1.54, 1.807) is 11.3 Å². The molecule has 0 bridgehead atoms. The van der Waals surface area contributed by atoms with Crippen molar-refractivity contribution in [2.75, 3.05) is 11.9 Å². The molecule has 0 aliphatic rings. The lowest BCUT2D eigenvalue weighted by molar-refractivity contribution is 0.986. The van der Waals surface area contributed by atoms with Gasteiger partial charge in [-0.2, -0.15) is 0 Å². The number of rotatable bonds is 4. The summed E-state index contributed by atoms with van der Waals surface area (Å²) in [5.74, 6) is 1.64. The second-order valence-corrected chi connectivity index (χ2v) is 6.29. The van der Waals surface area contributed by atoms with Crippen LogP contribution in [0.1, 0.15) is 19.5 Å². The first kappa shape index (κ1) is 14.0. The predicted octanol–water partition coefficient (Wildman–Crippen LogP) is 4.72. The van der Waals surface area contributed by atoms with E-state index in [1.807, 2.05) is 11.4 Å². The third kappa shape index (κ3) is 2.92. The van der Waals surface area contributed by atoms with E-state index in [0.717, 1.165) is 44.1 Å². The van der Waals surface area contributed by atoms with E-state index in [0.29, 0.717) is 0 Å². The van der Waals surface area contributed by atoms with E-state index < -0.39 is 0 Å². The van der Waals surface area contributed by atoms with Crippen molar-refractivity contribution in [3.63, 3.8) is 0 Å². The Balaban J connectivity index is 2.51. The number of nitrogens with one attached hydrogen (secondary N) is 1. The zero-order chi connectivity index (χ0) is 13.1. The summed E-state index contributed by atoms with van der Waals surface area (Å²) in [5.41, 5.74) is 1.03. The molecule has 96 valence electrons. The van der Waals surface area contributed by atoms with Gasteiger partial charge in [-0.25, -0.2) is 9.97 Å². The molecule has 6 heteroatoms. The smallest absolute Gasteiger partial charge is 0.171 e. The molecule has 0 aliphatic heterocycles. The van der Waals surface area contributed by atoms with E-state index in [1.165, 1.54) is 0 Å². The highest BCUT2D eigenvalue weighted by molar-refractivity contribution is 9.11. The van der Waals surface area contributed by atoms with Gasteiger partial charge >= 0.3 is 0 Å². The van der Waals surface area contributed by atoms with Crippen LogP contribution >= 0.6 is 43.2 Å². The van der Waals surface area contributed by atoms with Crippen LogP contribution in [0.2, 0.25) is 0 Å². The number of hydrogen-bond acceptors (Lipinski definition) is 4. The Morgan fingerprint density at radius 3 is 2.61 bits per heavy atom. The van der Waals surface area contributed by atoms with Gasteiger partial charge in [-0.15, -0.1) is 11.3 Å². The first-order chi connectivity index (χ1) is 8.65. The van der Waals surface area contributed by atoms with Gasteiger partial charge in [0, 0.05) is 16.4 Å². The molecular formula is C12H13Br2N3S. The van der Waals surface area contributed by atoms with Gasteiger partial charge in [-0.3, -0.25) is 0 Å². The Morgan fingerprint density at radius 1 is 1.28 bits per heavy atom. The third-order valence-corrected chi connectivity index (χ3v) is 4.91. The number of nitrogens with zero attached hydrogens (tertiary/aromatic N) is 2. The summed E-state index contributed by atoms with van der Waals surface area (Å²) in [7, 11) is 0. The van der Waals surface area contributed by atoms with Gasteiger partial charge in [0.25, 0.3) is 0 Å². The van der Waals surface area contributed by atoms with Crippen molar-refractivity contribution in [2.24, 2.45) is 0 Å². The Kier molecular flexibility index (Phi) is 4.75. The highest BCUT2D eigenvalue weighted by Crippen LogP contribution is 2.31. The summed E-state index contributed by atoms with van der Waals surface area (Å²) in [5, 5.41) is 5.30. The molecule has 0 atom stereocenters. The molecule has 2 aromatic rings. The molecule has 2 heterocycles. The number of hydrogen-bond donors (Lipinski definition) is 1. The molecule has 0 aliphatic carbocycles.